The Morgan fingerprint density at radius 1 is 0.857 bits per heavy atom. The van der Waals surface area contributed by atoms with E-state index >= 15 is 0 Å². The van der Waals surface area contributed by atoms with Gasteiger partial charge in [0.05, 0.1) is 5.69 Å². The highest BCUT2D eigenvalue weighted by molar-refractivity contribution is 9.10. The molecule has 1 heterocycles. The smallest absolute Gasteiger partial charge is 0.158 e. The molecule has 0 aliphatic carbocycles. The molecule has 21 heavy (non-hydrogen) atoms. The maximum absolute atomic E-state index is 6.09. The molecule has 0 saturated carbocycles. The molecule has 4 aromatic rings. The number of furan rings is 1. The first-order valence-corrected chi connectivity index (χ1v) is 7.49. The van der Waals surface area contributed by atoms with Crippen molar-refractivity contribution in [3.8, 4) is 11.1 Å². The lowest BCUT2D eigenvalue weighted by Crippen LogP contribution is -1.87. The number of fused-ring (bicyclic) bond motifs is 3. The van der Waals surface area contributed by atoms with Crippen LogP contribution in [0.4, 0.5) is 5.69 Å². The number of hydrogen-bond donors (Lipinski definition) is 1. The molecule has 1 aromatic heterocycles. The van der Waals surface area contributed by atoms with Crippen LogP contribution in [0.15, 0.2) is 69.6 Å². The number of anilines is 1. The van der Waals surface area contributed by atoms with Crippen molar-refractivity contribution < 1.29 is 4.42 Å². The molecule has 4 rings (SSSR count). The highest BCUT2D eigenvalue weighted by atomic mass is 79.9. The van der Waals surface area contributed by atoms with E-state index in [-0.39, 0.29) is 0 Å². The minimum atomic E-state index is 0.669. The average Bonchev–Trinajstić information content (AvgIpc) is 2.90. The molecule has 0 atom stereocenters. The van der Waals surface area contributed by atoms with Crippen molar-refractivity contribution in [3.63, 3.8) is 0 Å². The van der Waals surface area contributed by atoms with Gasteiger partial charge in [-0.2, -0.15) is 0 Å². The second-order valence-electron chi connectivity index (χ2n) is 5.01. The Balaban J connectivity index is 2.14. The van der Waals surface area contributed by atoms with Crippen molar-refractivity contribution in [1.29, 1.82) is 0 Å². The largest absolute Gasteiger partial charge is 0.454 e. The first-order chi connectivity index (χ1) is 10.2. The van der Waals surface area contributed by atoms with Crippen molar-refractivity contribution in [2.45, 2.75) is 0 Å². The van der Waals surface area contributed by atoms with Crippen molar-refractivity contribution in [2.24, 2.45) is 0 Å². The van der Waals surface area contributed by atoms with E-state index in [1.54, 1.807) is 0 Å². The molecule has 0 saturated heterocycles. The topological polar surface area (TPSA) is 39.2 Å². The predicted molar refractivity (Wildman–Crippen MR) is 91.3 cm³/mol. The van der Waals surface area contributed by atoms with Crippen LogP contribution in [0.5, 0.6) is 0 Å². The lowest BCUT2D eigenvalue weighted by Gasteiger charge is -2.05. The fourth-order valence-corrected chi connectivity index (χ4v) is 2.98. The molecule has 102 valence electrons. The molecule has 0 fully saturated rings. The van der Waals surface area contributed by atoms with Crippen LogP contribution in [-0.2, 0) is 0 Å². The second kappa shape index (κ2) is 4.64. The van der Waals surface area contributed by atoms with Gasteiger partial charge in [-0.3, -0.25) is 0 Å². The van der Waals surface area contributed by atoms with E-state index < -0.39 is 0 Å². The predicted octanol–water partition coefficient (Wildman–Crippen LogP) is 5.60. The third kappa shape index (κ3) is 1.93. The van der Waals surface area contributed by atoms with E-state index in [1.165, 1.54) is 0 Å². The lowest BCUT2D eigenvalue weighted by molar-refractivity contribution is 0.670. The maximum atomic E-state index is 6.09. The zero-order valence-electron chi connectivity index (χ0n) is 11.1. The highest BCUT2D eigenvalue weighted by Crippen LogP contribution is 2.39. The van der Waals surface area contributed by atoms with Crippen LogP contribution in [0.25, 0.3) is 33.1 Å². The van der Waals surface area contributed by atoms with Crippen LogP contribution >= 0.6 is 15.9 Å². The molecule has 0 amide bonds. The van der Waals surface area contributed by atoms with Gasteiger partial charge >= 0.3 is 0 Å². The highest BCUT2D eigenvalue weighted by Gasteiger charge is 2.14. The Kier molecular flexibility index (Phi) is 2.76. The Morgan fingerprint density at radius 3 is 2.43 bits per heavy atom. The first kappa shape index (κ1) is 12.5. The average molecular weight is 338 g/mol. The van der Waals surface area contributed by atoms with E-state index in [2.05, 4.69) is 40.2 Å². The van der Waals surface area contributed by atoms with E-state index in [4.69, 9.17) is 10.2 Å². The molecule has 2 nitrogen and oxygen atoms in total. The van der Waals surface area contributed by atoms with Crippen LogP contribution in [0.3, 0.4) is 0 Å². The van der Waals surface area contributed by atoms with Crippen LogP contribution in [0.1, 0.15) is 0 Å². The van der Waals surface area contributed by atoms with Gasteiger partial charge in [0, 0.05) is 15.2 Å². The maximum Gasteiger partial charge on any atom is 0.158 e. The van der Waals surface area contributed by atoms with Gasteiger partial charge in [-0.05, 0) is 35.4 Å². The van der Waals surface area contributed by atoms with Crippen LogP contribution in [0.2, 0.25) is 0 Å². The Bertz CT molecular complexity index is 954. The molecule has 0 aliphatic heterocycles. The Labute approximate surface area is 130 Å². The van der Waals surface area contributed by atoms with Gasteiger partial charge in [0.2, 0.25) is 0 Å². The summed E-state index contributed by atoms with van der Waals surface area (Å²) in [6.07, 6.45) is 0. The summed E-state index contributed by atoms with van der Waals surface area (Å²) < 4.78 is 7.00. The van der Waals surface area contributed by atoms with Crippen molar-refractivity contribution in [1.82, 2.24) is 0 Å². The monoisotopic (exact) mass is 337 g/mol. The van der Waals surface area contributed by atoms with Gasteiger partial charge in [-0.1, -0.05) is 52.3 Å². The van der Waals surface area contributed by atoms with Gasteiger partial charge in [0.25, 0.3) is 0 Å². The molecule has 0 bridgehead atoms. The molecule has 2 N–H and O–H groups in total. The molecular weight excluding hydrogens is 326 g/mol. The van der Waals surface area contributed by atoms with E-state index in [0.29, 0.717) is 5.69 Å². The van der Waals surface area contributed by atoms with Gasteiger partial charge in [0.1, 0.15) is 5.58 Å². The third-order valence-corrected chi connectivity index (χ3v) is 4.24. The fraction of sp³-hybridized carbons (Fsp3) is 0. The van der Waals surface area contributed by atoms with Gasteiger partial charge in [-0.25, -0.2) is 0 Å². The quantitative estimate of drug-likeness (QED) is 0.459. The second-order valence-corrected chi connectivity index (χ2v) is 5.93. The standard InChI is InChI=1S/C18H12BrNO/c19-12-7-5-11(6-8-12)13-9-10-15(20)18-17(13)14-3-1-2-4-16(14)21-18/h1-10H,20H2. The van der Waals surface area contributed by atoms with Crippen molar-refractivity contribution in [2.75, 3.05) is 5.73 Å². The Morgan fingerprint density at radius 2 is 1.62 bits per heavy atom. The van der Waals surface area contributed by atoms with E-state index in [1.807, 2.05) is 36.4 Å². The summed E-state index contributed by atoms with van der Waals surface area (Å²) in [5.74, 6) is 0. The lowest BCUT2D eigenvalue weighted by atomic mass is 9.99. The minimum Gasteiger partial charge on any atom is -0.454 e. The van der Waals surface area contributed by atoms with Crippen molar-refractivity contribution in [3.05, 3.63) is 65.1 Å². The summed E-state index contributed by atoms with van der Waals surface area (Å²) in [6.45, 7) is 0. The third-order valence-electron chi connectivity index (χ3n) is 3.71. The zero-order valence-corrected chi connectivity index (χ0v) is 12.7. The van der Waals surface area contributed by atoms with Crippen LogP contribution < -0.4 is 5.73 Å². The normalized spacial score (nSPS) is 11.3. The molecule has 0 spiro atoms. The summed E-state index contributed by atoms with van der Waals surface area (Å²) in [6, 6.07) is 20.3. The molecule has 0 unspecified atom stereocenters. The van der Waals surface area contributed by atoms with Crippen molar-refractivity contribution >= 4 is 43.6 Å². The number of nitrogens with two attached hydrogens (primary N) is 1. The van der Waals surface area contributed by atoms with Gasteiger partial charge in [-0.15, -0.1) is 0 Å². The summed E-state index contributed by atoms with van der Waals surface area (Å²) in [5.41, 5.74) is 10.7. The number of hydrogen-bond acceptors (Lipinski definition) is 2. The number of para-hydroxylation sites is 1. The fourth-order valence-electron chi connectivity index (χ4n) is 2.72. The number of rotatable bonds is 1. The summed E-state index contributed by atoms with van der Waals surface area (Å²) in [7, 11) is 0. The summed E-state index contributed by atoms with van der Waals surface area (Å²) in [5, 5.41) is 2.17. The number of nitrogen functional groups attached to an aromatic ring is 1. The molecule has 3 heteroatoms. The van der Waals surface area contributed by atoms with Gasteiger partial charge in [0.15, 0.2) is 5.58 Å². The number of benzene rings is 3. The molecule has 0 aliphatic rings. The summed E-state index contributed by atoms with van der Waals surface area (Å²) in [4.78, 5) is 0. The van der Waals surface area contributed by atoms with Gasteiger partial charge < -0.3 is 10.2 Å². The van der Waals surface area contributed by atoms with Crippen LogP contribution in [-0.4, -0.2) is 0 Å². The van der Waals surface area contributed by atoms with Crippen LogP contribution in [0, 0.1) is 0 Å². The Hall–Kier alpha value is -2.26. The molecular formula is C18H12BrNO. The molecule has 0 radical (unpaired) electrons. The first-order valence-electron chi connectivity index (χ1n) is 6.70. The summed E-state index contributed by atoms with van der Waals surface area (Å²) >= 11 is 3.47. The minimum absolute atomic E-state index is 0.669. The van der Waals surface area contributed by atoms with E-state index in [9.17, 15) is 0 Å². The zero-order chi connectivity index (χ0) is 14.4. The SMILES string of the molecule is Nc1ccc(-c2ccc(Br)cc2)c2c1oc1ccccc12. The number of halogens is 1. The van der Waals surface area contributed by atoms with E-state index in [0.717, 1.165) is 37.5 Å². The molecule has 3 aromatic carbocycles.